The Kier molecular flexibility index (Phi) is 6.38. The molecular formula is C24H31N3O. The molecule has 2 fully saturated rings. The summed E-state index contributed by atoms with van der Waals surface area (Å²) in [7, 11) is 0. The first-order valence-electron chi connectivity index (χ1n) is 10.7. The highest BCUT2D eigenvalue weighted by Gasteiger charge is 2.35. The molecule has 1 aromatic heterocycles. The van der Waals surface area contributed by atoms with Gasteiger partial charge in [-0.1, -0.05) is 42.8 Å². The average Bonchev–Trinajstić information content (AvgIpc) is 2.92. The first-order chi connectivity index (χ1) is 13.8. The molecule has 2 aromatic rings. The number of pyridine rings is 1. The number of likely N-dealkylation sites (tertiary alicyclic amines) is 2. The predicted molar refractivity (Wildman–Crippen MR) is 111 cm³/mol. The molecule has 1 aromatic carbocycles. The Labute approximate surface area is 168 Å². The fourth-order valence-electron chi connectivity index (χ4n) is 4.77. The molecule has 1 atom stereocenters. The van der Waals surface area contributed by atoms with Crippen molar-refractivity contribution in [1.29, 1.82) is 0 Å². The second kappa shape index (κ2) is 9.33. The van der Waals surface area contributed by atoms with Crippen LogP contribution in [-0.4, -0.2) is 40.3 Å². The lowest BCUT2D eigenvalue weighted by Gasteiger charge is -2.36. The number of hydrogen-bond acceptors (Lipinski definition) is 3. The van der Waals surface area contributed by atoms with E-state index in [4.69, 9.17) is 0 Å². The number of aromatic nitrogens is 1. The smallest absolute Gasteiger partial charge is 0.226 e. The molecule has 4 heteroatoms. The van der Waals surface area contributed by atoms with E-state index >= 15 is 0 Å². The van der Waals surface area contributed by atoms with E-state index in [-0.39, 0.29) is 5.92 Å². The fourth-order valence-corrected chi connectivity index (χ4v) is 4.77. The maximum atomic E-state index is 13.3. The first-order valence-corrected chi connectivity index (χ1v) is 10.7. The van der Waals surface area contributed by atoms with Crippen molar-refractivity contribution < 1.29 is 4.79 Å². The summed E-state index contributed by atoms with van der Waals surface area (Å²) < 4.78 is 0. The van der Waals surface area contributed by atoms with E-state index in [1.54, 1.807) is 0 Å². The molecular weight excluding hydrogens is 346 g/mol. The van der Waals surface area contributed by atoms with Gasteiger partial charge in [0.15, 0.2) is 0 Å². The second-order valence-corrected chi connectivity index (χ2v) is 8.28. The number of benzene rings is 1. The summed E-state index contributed by atoms with van der Waals surface area (Å²) in [6.07, 6.45) is 7.50. The summed E-state index contributed by atoms with van der Waals surface area (Å²) in [4.78, 5) is 22.4. The monoisotopic (exact) mass is 377 g/mol. The number of amides is 1. The van der Waals surface area contributed by atoms with Gasteiger partial charge in [0.25, 0.3) is 0 Å². The van der Waals surface area contributed by atoms with E-state index in [1.165, 1.54) is 12.0 Å². The van der Waals surface area contributed by atoms with Gasteiger partial charge in [-0.25, -0.2) is 0 Å². The van der Waals surface area contributed by atoms with Crippen LogP contribution in [0, 0.1) is 11.8 Å². The number of hydrogen-bond donors (Lipinski definition) is 0. The van der Waals surface area contributed by atoms with Crippen molar-refractivity contribution in [2.45, 2.75) is 45.2 Å². The van der Waals surface area contributed by atoms with Crippen LogP contribution in [0.15, 0.2) is 54.7 Å². The van der Waals surface area contributed by atoms with Gasteiger partial charge >= 0.3 is 0 Å². The summed E-state index contributed by atoms with van der Waals surface area (Å²) in [5.41, 5.74) is 2.38. The van der Waals surface area contributed by atoms with Crippen molar-refractivity contribution in [2.24, 2.45) is 11.8 Å². The zero-order chi connectivity index (χ0) is 19.2. The van der Waals surface area contributed by atoms with Gasteiger partial charge in [0.2, 0.25) is 5.91 Å². The number of nitrogens with zero attached hydrogens (tertiary/aromatic N) is 3. The Bertz CT molecular complexity index is 741. The van der Waals surface area contributed by atoms with Gasteiger partial charge in [-0.05, 0) is 62.4 Å². The maximum Gasteiger partial charge on any atom is 0.226 e. The Morgan fingerprint density at radius 2 is 1.64 bits per heavy atom. The Morgan fingerprint density at radius 3 is 2.39 bits per heavy atom. The molecule has 0 radical (unpaired) electrons. The van der Waals surface area contributed by atoms with Gasteiger partial charge in [0, 0.05) is 31.7 Å². The molecule has 2 aliphatic heterocycles. The third-order valence-electron chi connectivity index (χ3n) is 6.35. The van der Waals surface area contributed by atoms with Crippen LogP contribution in [0.4, 0.5) is 0 Å². The second-order valence-electron chi connectivity index (χ2n) is 8.28. The molecule has 0 aliphatic carbocycles. The summed E-state index contributed by atoms with van der Waals surface area (Å²) in [6, 6.07) is 16.5. The van der Waals surface area contributed by atoms with Crippen LogP contribution in [0.25, 0.3) is 0 Å². The molecule has 148 valence electrons. The number of rotatable bonds is 5. The number of piperidine rings is 1. The highest BCUT2D eigenvalue weighted by molar-refractivity contribution is 5.79. The van der Waals surface area contributed by atoms with Crippen molar-refractivity contribution >= 4 is 5.91 Å². The summed E-state index contributed by atoms with van der Waals surface area (Å²) in [5.74, 6) is 1.14. The largest absolute Gasteiger partial charge is 0.338 e. The van der Waals surface area contributed by atoms with Crippen LogP contribution < -0.4 is 0 Å². The Balaban J connectivity index is 1.35. The SMILES string of the molecule is O=C1[C@H](C2CCN(Cc3ccccn3)CC2)CCCCN1Cc1ccccc1. The zero-order valence-electron chi connectivity index (χ0n) is 16.7. The third kappa shape index (κ3) is 4.79. The van der Waals surface area contributed by atoms with E-state index in [9.17, 15) is 4.79 Å². The average molecular weight is 378 g/mol. The van der Waals surface area contributed by atoms with Gasteiger partial charge in [-0.15, -0.1) is 0 Å². The van der Waals surface area contributed by atoms with Crippen molar-refractivity contribution in [1.82, 2.24) is 14.8 Å². The van der Waals surface area contributed by atoms with Crippen molar-refractivity contribution in [2.75, 3.05) is 19.6 Å². The molecule has 0 spiro atoms. The highest BCUT2D eigenvalue weighted by Crippen LogP contribution is 2.33. The lowest BCUT2D eigenvalue weighted by atomic mass is 9.81. The fraction of sp³-hybridized carbons (Fsp3) is 0.500. The first kappa shape index (κ1) is 19.1. The zero-order valence-corrected chi connectivity index (χ0v) is 16.7. The van der Waals surface area contributed by atoms with Gasteiger partial charge in [0.05, 0.1) is 5.69 Å². The van der Waals surface area contributed by atoms with Gasteiger partial charge in [-0.3, -0.25) is 14.7 Å². The minimum atomic E-state index is 0.211. The molecule has 4 nitrogen and oxygen atoms in total. The normalized spacial score (nSPS) is 22.2. The van der Waals surface area contributed by atoms with Crippen LogP contribution in [0.3, 0.4) is 0 Å². The quantitative estimate of drug-likeness (QED) is 0.786. The molecule has 2 aliphatic rings. The van der Waals surface area contributed by atoms with Gasteiger partial charge in [0.1, 0.15) is 0 Å². The van der Waals surface area contributed by atoms with Crippen LogP contribution in [0.2, 0.25) is 0 Å². The Hall–Kier alpha value is -2.20. The standard InChI is InChI=1S/C24H31N3O/c28-24-23(11-5-7-15-27(24)18-20-8-2-1-3-9-20)21-12-16-26(17-13-21)19-22-10-4-6-14-25-22/h1-4,6,8-10,14,21,23H,5,7,11-13,15-19H2/t23-/m0/s1. The molecule has 0 unspecified atom stereocenters. The minimum Gasteiger partial charge on any atom is -0.338 e. The number of carbonyl (C=O) groups excluding carboxylic acids is 1. The molecule has 3 heterocycles. The third-order valence-corrected chi connectivity index (χ3v) is 6.35. The van der Waals surface area contributed by atoms with E-state index in [2.05, 4.69) is 51.2 Å². The van der Waals surface area contributed by atoms with Gasteiger partial charge < -0.3 is 4.90 Å². The van der Waals surface area contributed by atoms with Crippen LogP contribution in [0.1, 0.15) is 43.4 Å². The van der Waals surface area contributed by atoms with Gasteiger partial charge in [-0.2, -0.15) is 0 Å². The molecule has 1 amide bonds. The lowest BCUT2D eigenvalue weighted by molar-refractivity contribution is -0.138. The molecule has 0 saturated carbocycles. The molecule has 2 saturated heterocycles. The summed E-state index contributed by atoms with van der Waals surface area (Å²) in [5, 5.41) is 0. The van der Waals surface area contributed by atoms with Crippen LogP contribution >= 0.6 is 0 Å². The Morgan fingerprint density at radius 1 is 0.857 bits per heavy atom. The number of carbonyl (C=O) groups is 1. The van der Waals surface area contributed by atoms with Crippen molar-refractivity contribution in [3.8, 4) is 0 Å². The molecule has 0 N–H and O–H groups in total. The maximum absolute atomic E-state index is 13.3. The van der Waals surface area contributed by atoms with E-state index < -0.39 is 0 Å². The minimum absolute atomic E-state index is 0.211. The van der Waals surface area contributed by atoms with E-state index in [1.807, 2.05) is 18.3 Å². The molecule has 28 heavy (non-hydrogen) atoms. The molecule has 0 bridgehead atoms. The lowest BCUT2D eigenvalue weighted by Crippen LogP contribution is -2.42. The highest BCUT2D eigenvalue weighted by atomic mass is 16.2. The van der Waals surface area contributed by atoms with E-state index in [0.29, 0.717) is 11.8 Å². The summed E-state index contributed by atoms with van der Waals surface area (Å²) in [6.45, 7) is 4.73. The molecule has 4 rings (SSSR count). The van der Waals surface area contributed by atoms with Crippen LogP contribution in [-0.2, 0) is 17.9 Å². The van der Waals surface area contributed by atoms with Crippen molar-refractivity contribution in [3.63, 3.8) is 0 Å². The van der Waals surface area contributed by atoms with Crippen LogP contribution in [0.5, 0.6) is 0 Å². The summed E-state index contributed by atoms with van der Waals surface area (Å²) >= 11 is 0. The van der Waals surface area contributed by atoms with E-state index in [0.717, 1.165) is 64.1 Å². The topological polar surface area (TPSA) is 36.4 Å². The van der Waals surface area contributed by atoms with Crippen molar-refractivity contribution in [3.05, 3.63) is 66.0 Å². The predicted octanol–water partition coefficient (Wildman–Crippen LogP) is 4.12.